The number of carbonyl (C=O) groups is 1. The summed E-state index contributed by atoms with van der Waals surface area (Å²) in [6, 6.07) is 9.42. The second-order valence-electron chi connectivity index (χ2n) is 5.77. The molecule has 1 aromatic carbocycles. The maximum Gasteiger partial charge on any atom is 0.338 e. The number of rotatable bonds is 3. The molecule has 0 saturated heterocycles. The molecule has 126 valence electrons. The molecule has 0 saturated carbocycles. The third kappa shape index (κ3) is 2.53. The van der Waals surface area contributed by atoms with E-state index < -0.39 is 6.04 Å². The summed E-state index contributed by atoms with van der Waals surface area (Å²) >= 11 is 0. The average molecular weight is 335 g/mol. The van der Waals surface area contributed by atoms with Crippen molar-refractivity contribution in [3.05, 3.63) is 59.7 Å². The van der Waals surface area contributed by atoms with Crippen LogP contribution in [0.4, 0.5) is 5.95 Å². The first-order valence-corrected chi connectivity index (χ1v) is 8.08. The number of ether oxygens (including phenoxy) is 1. The monoisotopic (exact) mass is 335 g/mol. The Labute approximate surface area is 144 Å². The Morgan fingerprint density at radius 1 is 1.32 bits per heavy atom. The van der Waals surface area contributed by atoms with Gasteiger partial charge in [-0.25, -0.2) is 9.48 Å². The first kappa shape index (κ1) is 15.3. The Balaban J connectivity index is 1.89. The Morgan fingerprint density at radius 2 is 2.20 bits per heavy atom. The molecule has 1 N–H and O–H groups in total. The molecule has 0 aliphatic carbocycles. The highest BCUT2D eigenvalue weighted by atomic mass is 16.5. The van der Waals surface area contributed by atoms with Gasteiger partial charge >= 0.3 is 5.97 Å². The highest BCUT2D eigenvalue weighted by molar-refractivity contribution is 5.92. The fourth-order valence-electron chi connectivity index (χ4n) is 3.14. The SMILES string of the molecule is CCOC(=O)C1=C(C)Nc2ncnn2[C@H]1c1ccc2ncccc2c1. The number of allylic oxidation sites excluding steroid dienone is 1. The predicted molar refractivity (Wildman–Crippen MR) is 92.9 cm³/mol. The van der Waals surface area contributed by atoms with Gasteiger partial charge in [-0.3, -0.25) is 4.98 Å². The highest BCUT2D eigenvalue weighted by Gasteiger charge is 2.34. The standard InChI is InChI=1S/C18H17N5O2/c1-3-25-17(24)15-11(2)22-18-20-10-21-23(18)16(15)13-6-7-14-12(9-13)5-4-8-19-14/h4-10,16H,3H2,1-2H3,(H,20,21,22)/t16-/m0/s1. The van der Waals surface area contributed by atoms with Crippen molar-refractivity contribution in [3.8, 4) is 0 Å². The zero-order chi connectivity index (χ0) is 17.4. The van der Waals surface area contributed by atoms with E-state index in [4.69, 9.17) is 4.74 Å². The molecule has 1 atom stereocenters. The van der Waals surface area contributed by atoms with Crippen molar-refractivity contribution in [1.82, 2.24) is 19.7 Å². The number of esters is 1. The number of nitrogens with zero attached hydrogens (tertiary/aromatic N) is 4. The van der Waals surface area contributed by atoms with Gasteiger partial charge in [0, 0.05) is 17.3 Å². The van der Waals surface area contributed by atoms with E-state index in [9.17, 15) is 4.79 Å². The summed E-state index contributed by atoms with van der Waals surface area (Å²) in [5.74, 6) is 0.242. The van der Waals surface area contributed by atoms with Gasteiger partial charge in [0.15, 0.2) is 0 Å². The van der Waals surface area contributed by atoms with Gasteiger partial charge in [-0.05, 0) is 37.6 Å². The highest BCUT2D eigenvalue weighted by Crippen LogP contribution is 2.36. The van der Waals surface area contributed by atoms with E-state index in [1.807, 2.05) is 37.3 Å². The lowest BCUT2D eigenvalue weighted by molar-refractivity contribution is -0.139. The van der Waals surface area contributed by atoms with Crippen LogP contribution in [0.1, 0.15) is 25.5 Å². The predicted octanol–water partition coefficient (Wildman–Crippen LogP) is 2.68. The normalized spacial score (nSPS) is 16.5. The molecular formula is C18H17N5O2. The number of nitrogens with one attached hydrogen (secondary N) is 1. The van der Waals surface area contributed by atoms with E-state index in [1.54, 1.807) is 17.8 Å². The van der Waals surface area contributed by atoms with Gasteiger partial charge in [0.1, 0.15) is 12.4 Å². The molecule has 1 aliphatic heterocycles. The minimum absolute atomic E-state index is 0.314. The van der Waals surface area contributed by atoms with Crippen LogP contribution in [0.2, 0.25) is 0 Å². The van der Waals surface area contributed by atoms with Crippen LogP contribution in [0.3, 0.4) is 0 Å². The third-order valence-electron chi connectivity index (χ3n) is 4.23. The summed E-state index contributed by atoms with van der Waals surface area (Å²) in [5, 5.41) is 8.43. The summed E-state index contributed by atoms with van der Waals surface area (Å²) in [4.78, 5) is 21.2. The van der Waals surface area contributed by atoms with E-state index in [-0.39, 0.29) is 5.97 Å². The van der Waals surface area contributed by atoms with Crippen LogP contribution >= 0.6 is 0 Å². The van der Waals surface area contributed by atoms with Gasteiger partial charge in [-0.1, -0.05) is 12.1 Å². The number of hydrogen-bond acceptors (Lipinski definition) is 6. The van der Waals surface area contributed by atoms with Gasteiger partial charge in [0.25, 0.3) is 0 Å². The molecule has 3 heterocycles. The lowest BCUT2D eigenvalue weighted by Gasteiger charge is -2.28. The van der Waals surface area contributed by atoms with Crippen LogP contribution in [0, 0.1) is 0 Å². The Hall–Kier alpha value is -3.22. The van der Waals surface area contributed by atoms with Crippen molar-refractivity contribution >= 4 is 22.8 Å². The zero-order valence-corrected chi connectivity index (χ0v) is 13.9. The lowest BCUT2D eigenvalue weighted by atomic mass is 9.94. The van der Waals surface area contributed by atoms with E-state index in [0.29, 0.717) is 18.1 Å². The molecule has 3 aromatic rings. The van der Waals surface area contributed by atoms with Crippen LogP contribution in [0.5, 0.6) is 0 Å². The minimum Gasteiger partial charge on any atom is -0.463 e. The molecule has 0 bridgehead atoms. The number of aromatic nitrogens is 4. The van der Waals surface area contributed by atoms with Crippen molar-refractivity contribution in [2.45, 2.75) is 19.9 Å². The largest absolute Gasteiger partial charge is 0.463 e. The summed E-state index contributed by atoms with van der Waals surface area (Å²) in [5.41, 5.74) is 3.08. The number of benzene rings is 1. The number of hydrogen-bond donors (Lipinski definition) is 1. The van der Waals surface area contributed by atoms with Crippen LogP contribution in [-0.2, 0) is 9.53 Å². The second kappa shape index (κ2) is 6.01. The average Bonchev–Trinajstić information content (AvgIpc) is 3.08. The topological polar surface area (TPSA) is 81.9 Å². The van der Waals surface area contributed by atoms with E-state index in [0.717, 1.165) is 22.2 Å². The van der Waals surface area contributed by atoms with Crippen molar-refractivity contribution < 1.29 is 9.53 Å². The van der Waals surface area contributed by atoms with Crippen molar-refractivity contribution in [3.63, 3.8) is 0 Å². The van der Waals surface area contributed by atoms with Crippen LogP contribution in [-0.4, -0.2) is 32.3 Å². The summed E-state index contributed by atoms with van der Waals surface area (Å²) in [6.07, 6.45) is 3.23. The quantitative estimate of drug-likeness (QED) is 0.741. The number of pyridine rings is 1. The molecule has 1 aliphatic rings. The van der Waals surface area contributed by atoms with Crippen molar-refractivity contribution in [2.24, 2.45) is 0 Å². The van der Waals surface area contributed by atoms with E-state index >= 15 is 0 Å². The first-order valence-electron chi connectivity index (χ1n) is 8.08. The molecule has 0 spiro atoms. The van der Waals surface area contributed by atoms with Gasteiger partial charge < -0.3 is 10.1 Å². The summed E-state index contributed by atoms with van der Waals surface area (Å²) < 4.78 is 6.98. The molecule has 4 rings (SSSR count). The second-order valence-corrected chi connectivity index (χ2v) is 5.77. The minimum atomic E-state index is -0.401. The fraction of sp³-hybridized carbons (Fsp3) is 0.222. The number of fused-ring (bicyclic) bond motifs is 2. The zero-order valence-electron chi connectivity index (χ0n) is 13.9. The Bertz CT molecular complexity index is 992. The van der Waals surface area contributed by atoms with Gasteiger partial charge in [-0.2, -0.15) is 10.1 Å². The molecule has 2 aromatic heterocycles. The smallest absolute Gasteiger partial charge is 0.338 e. The number of anilines is 1. The Morgan fingerprint density at radius 3 is 3.04 bits per heavy atom. The lowest BCUT2D eigenvalue weighted by Crippen LogP contribution is -2.29. The molecule has 0 amide bonds. The maximum atomic E-state index is 12.6. The van der Waals surface area contributed by atoms with Gasteiger partial charge in [0.05, 0.1) is 17.7 Å². The van der Waals surface area contributed by atoms with E-state index in [1.165, 1.54) is 6.33 Å². The molecular weight excluding hydrogens is 318 g/mol. The Kier molecular flexibility index (Phi) is 3.68. The molecule has 0 unspecified atom stereocenters. The van der Waals surface area contributed by atoms with Crippen LogP contribution in [0.25, 0.3) is 10.9 Å². The van der Waals surface area contributed by atoms with Crippen molar-refractivity contribution in [2.75, 3.05) is 11.9 Å². The molecule has 7 heteroatoms. The summed E-state index contributed by atoms with van der Waals surface area (Å²) in [7, 11) is 0. The molecule has 7 nitrogen and oxygen atoms in total. The molecule has 0 radical (unpaired) electrons. The first-order chi connectivity index (χ1) is 12.2. The van der Waals surface area contributed by atoms with Crippen LogP contribution < -0.4 is 5.32 Å². The van der Waals surface area contributed by atoms with Crippen LogP contribution in [0.15, 0.2) is 54.1 Å². The third-order valence-corrected chi connectivity index (χ3v) is 4.23. The molecule has 0 fully saturated rings. The maximum absolute atomic E-state index is 12.6. The molecule has 25 heavy (non-hydrogen) atoms. The van der Waals surface area contributed by atoms with Gasteiger partial charge in [0.2, 0.25) is 5.95 Å². The summed E-state index contributed by atoms with van der Waals surface area (Å²) in [6.45, 7) is 3.95. The fourth-order valence-corrected chi connectivity index (χ4v) is 3.14. The van der Waals surface area contributed by atoms with Gasteiger partial charge in [-0.15, -0.1) is 0 Å². The van der Waals surface area contributed by atoms with Crippen molar-refractivity contribution in [1.29, 1.82) is 0 Å². The number of carbonyl (C=O) groups excluding carboxylic acids is 1. The van der Waals surface area contributed by atoms with E-state index in [2.05, 4.69) is 20.4 Å².